The molecule has 3 heterocycles. The second kappa shape index (κ2) is 23.5. The van der Waals surface area contributed by atoms with E-state index in [1.165, 1.54) is 55.6 Å². The number of aromatic amines is 3. The van der Waals surface area contributed by atoms with Crippen molar-refractivity contribution in [2.45, 2.75) is 32.9 Å². The van der Waals surface area contributed by atoms with Gasteiger partial charge in [-0.1, -0.05) is 109 Å². The fourth-order valence-electron chi connectivity index (χ4n) is 7.05. The van der Waals surface area contributed by atoms with Crippen molar-refractivity contribution < 1.29 is 63.3 Å². The number of hydrogen-bond donors (Lipinski definition) is 5. The van der Waals surface area contributed by atoms with E-state index in [9.17, 15) is 49.1 Å². The molecule has 0 saturated carbocycles. The third-order valence-corrected chi connectivity index (χ3v) is 10.2. The highest BCUT2D eigenvalue weighted by Crippen LogP contribution is 2.38. The molecule has 25 heteroatoms. The number of amides is 2. The van der Waals surface area contributed by atoms with Crippen LogP contribution in [0.25, 0.3) is 67.5 Å². The van der Waals surface area contributed by atoms with Crippen LogP contribution in [0.15, 0.2) is 146 Å². The molecule has 0 spiro atoms. The lowest BCUT2D eigenvalue weighted by atomic mass is 10.0. The minimum Gasteiger partial charge on any atom is -0.405 e. The van der Waals surface area contributed by atoms with E-state index < -0.39 is 30.9 Å². The molecule has 0 fully saturated rings. The first kappa shape index (κ1) is 54.2. The number of benzene rings is 6. The summed E-state index contributed by atoms with van der Waals surface area (Å²) in [6.07, 6.45) is -14.3. The van der Waals surface area contributed by atoms with Crippen molar-refractivity contribution in [1.29, 1.82) is 0 Å². The van der Waals surface area contributed by atoms with E-state index in [4.69, 9.17) is 0 Å². The van der Waals surface area contributed by atoms with E-state index in [0.717, 1.165) is 0 Å². The Morgan fingerprint density at radius 2 is 0.789 bits per heavy atom. The summed E-state index contributed by atoms with van der Waals surface area (Å²) < 4.78 is 126. The molecule has 9 aromatic rings. The molecule has 0 radical (unpaired) electrons. The molecule has 5 N–H and O–H groups in total. The van der Waals surface area contributed by atoms with Crippen molar-refractivity contribution in [3.63, 3.8) is 0 Å². The number of carbonyl (C=O) groups is 2. The molecule has 6 aromatic carbocycles. The number of hydrogen-bond acceptors (Lipinski definition) is 11. The lowest BCUT2D eigenvalue weighted by Gasteiger charge is -2.13. The van der Waals surface area contributed by atoms with Crippen LogP contribution in [-0.4, -0.2) is 90.0 Å². The summed E-state index contributed by atoms with van der Waals surface area (Å²) in [7, 11) is 1.46. The van der Waals surface area contributed by atoms with Gasteiger partial charge in [-0.3, -0.25) is 24.9 Å². The molecule has 76 heavy (non-hydrogen) atoms. The van der Waals surface area contributed by atoms with Crippen molar-refractivity contribution in [1.82, 2.24) is 56.2 Å². The molecule has 0 atom stereocenters. The highest BCUT2D eigenvalue weighted by molar-refractivity contribution is 5.91. The number of para-hydroxylation sites is 3. The molecule has 9 rings (SSSR count). The van der Waals surface area contributed by atoms with E-state index in [1.54, 1.807) is 111 Å². The molecule has 0 aliphatic rings. The van der Waals surface area contributed by atoms with Crippen LogP contribution in [0.2, 0.25) is 0 Å². The number of nitrogens with zero attached hydrogens (tertiary/aromatic N) is 6. The van der Waals surface area contributed by atoms with Crippen LogP contribution in [0.3, 0.4) is 0 Å². The van der Waals surface area contributed by atoms with E-state index in [0.29, 0.717) is 57.1 Å². The molecule has 0 aliphatic heterocycles. The van der Waals surface area contributed by atoms with Gasteiger partial charge in [0.05, 0.1) is 0 Å². The van der Waals surface area contributed by atoms with Gasteiger partial charge >= 0.3 is 19.1 Å². The largest absolute Gasteiger partial charge is 0.573 e. The van der Waals surface area contributed by atoms with E-state index >= 15 is 0 Å². The van der Waals surface area contributed by atoms with Gasteiger partial charge in [-0.2, -0.15) is 15.3 Å². The fraction of sp³-hybridized carbons (Fsp3) is 0.137. The Kier molecular flexibility index (Phi) is 16.8. The topological polar surface area (TPSA) is 211 Å². The maximum Gasteiger partial charge on any atom is 0.573 e. The molecule has 2 amide bonds. The standard InChI is InChI=1S/C18H15F3N4O2.C17H13F3N4O2.C16H12F3N3O/c1-2-22-17(26)16-23-15(24-25-16)12-7-5-6-11(10-12)13-8-3-4-9-14(13)27-18(19,20)21;1-21-16(25)15-22-14(23-24-15)11-6-4-5-10(9-11)12-7-2-3-8-13(12)26-17(18,19)20;1-10-20-15(22-21-10)12-6-4-5-11(9-12)13-7-2-3-8-14(13)23-16(17,18)19/h3-10H,2H2,1H3,(H,22,26)(H,23,24,25);2-9H,1H3,(H,21,25)(H,22,23,24);2-9H,1H3,(H,20,21,22). The predicted molar refractivity (Wildman–Crippen MR) is 258 cm³/mol. The Hall–Kier alpha value is -9.55. The van der Waals surface area contributed by atoms with Crippen LogP contribution in [0.5, 0.6) is 17.2 Å². The summed E-state index contributed by atoms with van der Waals surface area (Å²) in [5.74, 6) is 0.0605. The number of H-pyrrole nitrogens is 3. The summed E-state index contributed by atoms with van der Waals surface area (Å²) in [6.45, 7) is 3.99. The monoisotopic (exact) mass is 1060 g/mol. The Morgan fingerprint density at radius 3 is 1.12 bits per heavy atom. The van der Waals surface area contributed by atoms with Crippen molar-refractivity contribution in [3.8, 4) is 84.8 Å². The van der Waals surface area contributed by atoms with Gasteiger partial charge in [0.2, 0.25) is 11.6 Å². The molecule has 0 bridgehead atoms. The Labute approximate surface area is 424 Å². The van der Waals surface area contributed by atoms with Crippen LogP contribution in [0, 0.1) is 6.92 Å². The van der Waals surface area contributed by atoms with Gasteiger partial charge in [0.1, 0.15) is 23.1 Å². The minimum absolute atomic E-state index is 0.0358. The zero-order chi connectivity index (χ0) is 54.6. The molecule has 0 aliphatic carbocycles. The maximum absolute atomic E-state index is 12.6. The van der Waals surface area contributed by atoms with Crippen LogP contribution >= 0.6 is 0 Å². The summed E-state index contributed by atoms with van der Waals surface area (Å²) in [6, 6.07) is 37.9. The molecule has 0 unspecified atom stereocenters. The minimum atomic E-state index is -4.79. The first-order valence-electron chi connectivity index (χ1n) is 22.3. The van der Waals surface area contributed by atoms with Crippen molar-refractivity contribution in [2.75, 3.05) is 13.6 Å². The van der Waals surface area contributed by atoms with Crippen LogP contribution in [0.1, 0.15) is 34.0 Å². The van der Waals surface area contributed by atoms with Crippen molar-refractivity contribution in [2.24, 2.45) is 0 Å². The number of carbonyl (C=O) groups excluding carboxylic acids is 2. The zero-order valence-electron chi connectivity index (χ0n) is 39.7. The quantitative estimate of drug-likeness (QED) is 0.0727. The Balaban J connectivity index is 0.000000166. The second-order valence-electron chi connectivity index (χ2n) is 15.6. The van der Waals surface area contributed by atoms with Gasteiger partial charge in [0, 0.05) is 47.0 Å². The van der Waals surface area contributed by atoms with Crippen LogP contribution < -0.4 is 24.8 Å². The van der Waals surface area contributed by atoms with Gasteiger partial charge in [-0.05, 0) is 66.9 Å². The fourth-order valence-corrected chi connectivity index (χ4v) is 7.05. The van der Waals surface area contributed by atoms with Gasteiger partial charge in [0.15, 0.2) is 17.5 Å². The summed E-state index contributed by atoms with van der Waals surface area (Å²) >= 11 is 0. The number of rotatable bonds is 12. The van der Waals surface area contributed by atoms with E-state index in [-0.39, 0.29) is 51.7 Å². The van der Waals surface area contributed by atoms with E-state index in [2.05, 4.69) is 70.4 Å². The average Bonchev–Trinajstić information content (AvgIpc) is 4.19. The number of aryl methyl sites for hydroxylation is 1. The van der Waals surface area contributed by atoms with Crippen molar-refractivity contribution >= 4 is 11.8 Å². The molecule has 16 nitrogen and oxygen atoms in total. The SMILES string of the molecule is CCNC(=O)c1nc(-c2cccc(-c3ccccc3OC(F)(F)F)c2)n[nH]1.CNC(=O)c1nc(-c2cccc(-c3ccccc3OC(F)(F)F)c2)n[nH]1.Cc1nc(-c2cccc(-c3ccccc3OC(F)(F)F)c2)n[nH]1. The van der Waals surface area contributed by atoms with Gasteiger partial charge in [0.25, 0.3) is 11.8 Å². The lowest BCUT2D eigenvalue weighted by molar-refractivity contribution is -0.275. The third-order valence-electron chi connectivity index (χ3n) is 10.2. The molecule has 0 saturated heterocycles. The van der Waals surface area contributed by atoms with Gasteiger partial charge in [-0.25, -0.2) is 15.0 Å². The average molecular weight is 1060 g/mol. The first-order chi connectivity index (χ1) is 36.2. The van der Waals surface area contributed by atoms with Gasteiger partial charge in [-0.15, -0.1) is 39.5 Å². The molecule has 392 valence electrons. The van der Waals surface area contributed by atoms with E-state index in [1.807, 2.05) is 0 Å². The zero-order valence-corrected chi connectivity index (χ0v) is 39.7. The smallest absolute Gasteiger partial charge is 0.405 e. The number of alkyl halides is 9. The summed E-state index contributed by atoms with van der Waals surface area (Å²) in [5, 5.41) is 24.8. The maximum atomic E-state index is 12.6. The third kappa shape index (κ3) is 14.8. The normalized spacial score (nSPS) is 11.3. The highest BCUT2D eigenvalue weighted by Gasteiger charge is 2.34. The highest BCUT2D eigenvalue weighted by atomic mass is 19.4. The summed E-state index contributed by atoms with van der Waals surface area (Å²) in [4.78, 5) is 35.8. The number of nitrogens with one attached hydrogen (secondary N) is 5. The Morgan fingerprint density at radius 1 is 0.461 bits per heavy atom. The second-order valence-corrected chi connectivity index (χ2v) is 15.6. The summed E-state index contributed by atoms with van der Waals surface area (Å²) in [5.41, 5.74) is 4.25. The Bertz CT molecular complexity index is 3430. The molecular formula is C51H40F9N11O5. The number of aromatic nitrogens is 9. The molecule has 3 aromatic heterocycles. The van der Waals surface area contributed by atoms with Gasteiger partial charge < -0.3 is 24.8 Å². The first-order valence-corrected chi connectivity index (χ1v) is 22.3. The van der Waals surface area contributed by atoms with Crippen molar-refractivity contribution in [3.05, 3.63) is 163 Å². The predicted octanol–water partition coefficient (Wildman–Crippen LogP) is 11.5. The van der Waals surface area contributed by atoms with Crippen LogP contribution in [0.4, 0.5) is 39.5 Å². The number of ether oxygens (including phenoxy) is 3. The number of halogens is 9. The molecular weight excluding hydrogens is 1020 g/mol. The van der Waals surface area contributed by atoms with Crippen LogP contribution in [-0.2, 0) is 0 Å². The lowest BCUT2D eigenvalue weighted by Crippen LogP contribution is -2.23.